The van der Waals surface area contributed by atoms with E-state index in [4.69, 9.17) is 0 Å². The van der Waals surface area contributed by atoms with Crippen LogP contribution in [0.3, 0.4) is 0 Å². The van der Waals surface area contributed by atoms with E-state index in [2.05, 4.69) is 286 Å². The van der Waals surface area contributed by atoms with Crippen LogP contribution in [0.5, 0.6) is 0 Å². The molecular formula is C75H67BN2S. The highest BCUT2D eigenvalue weighted by molar-refractivity contribution is 7.33. The normalized spacial score (nSPS) is 13.5. The summed E-state index contributed by atoms with van der Waals surface area (Å²) in [5.74, 6) is 0.248. The van der Waals surface area contributed by atoms with Gasteiger partial charge in [-0.1, -0.05) is 210 Å². The summed E-state index contributed by atoms with van der Waals surface area (Å²) in [7, 11) is 0. The maximum absolute atomic E-state index is 2.71. The number of benzene rings is 11. The second kappa shape index (κ2) is 17.8. The molecule has 0 bridgehead atoms. The highest BCUT2D eigenvalue weighted by Crippen LogP contribution is 2.53. The third-order valence-corrected chi connectivity index (χ3v) is 18.6. The van der Waals surface area contributed by atoms with Crippen LogP contribution in [0.2, 0.25) is 0 Å². The number of fused-ring (bicyclic) bond motifs is 6. The Morgan fingerprint density at radius 2 is 0.899 bits per heavy atom. The average Bonchev–Trinajstić information content (AvgIpc) is 4.04. The Balaban J connectivity index is 1.12. The van der Waals surface area contributed by atoms with Crippen molar-refractivity contribution in [1.29, 1.82) is 0 Å². The first-order chi connectivity index (χ1) is 37.9. The molecule has 0 saturated carbocycles. The van der Waals surface area contributed by atoms with Crippen LogP contribution in [0.15, 0.2) is 200 Å². The molecule has 0 amide bonds. The zero-order chi connectivity index (χ0) is 54.4. The molecule has 0 unspecified atom stereocenters. The van der Waals surface area contributed by atoms with Crippen LogP contribution in [0.4, 0.5) is 34.1 Å². The lowest BCUT2D eigenvalue weighted by atomic mass is 9.36. The SMILES string of the molecule is CC(C)c1cc2c3c(c1)N(c1ccc(C(C)(C)C)cc1-c1ccccc1)c1c(sc4ccc(C(C)(C)C)cc14)B3c1cc(-c3ccccc3)ccc1N2c1ccc(C(C)(C)C)cc1-c1cc2ccc3cccc4ccc(c1)c2c34. The van der Waals surface area contributed by atoms with Crippen molar-refractivity contribution >= 4 is 110 Å². The van der Waals surface area contributed by atoms with Crippen LogP contribution >= 0.6 is 11.3 Å². The molecule has 0 saturated heterocycles. The zero-order valence-electron chi connectivity index (χ0n) is 47.5. The van der Waals surface area contributed by atoms with E-state index in [1.807, 2.05) is 11.3 Å². The van der Waals surface area contributed by atoms with Gasteiger partial charge in [-0.2, -0.15) is 0 Å². The topological polar surface area (TPSA) is 6.48 Å². The van der Waals surface area contributed by atoms with Gasteiger partial charge >= 0.3 is 0 Å². The van der Waals surface area contributed by atoms with Crippen molar-refractivity contribution in [2.24, 2.45) is 0 Å². The number of hydrogen-bond acceptors (Lipinski definition) is 3. The van der Waals surface area contributed by atoms with Crippen LogP contribution in [0, 0.1) is 0 Å². The van der Waals surface area contributed by atoms with E-state index >= 15 is 0 Å². The molecule has 0 atom stereocenters. The lowest BCUT2D eigenvalue weighted by Crippen LogP contribution is -2.60. The minimum Gasteiger partial charge on any atom is -0.311 e. The summed E-state index contributed by atoms with van der Waals surface area (Å²) in [4.78, 5) is 5.38. The van der Waals surface area contributed by atoms with Crippen LogP contribution < -0.4 is 25.5 Å². The lowest BCUT2D eigenvalue weighted by Gasteiger charge is -2.44. The third kappa shape index (κ3) is 7.96. The average molecular weight is 1040 g/mol. The Labute approximate surface area is 471 Å². The first-order valence-electron chi connectivity index (χ1n) is 28.5. The molecule has 4 heteroatoms. The first-order valence-corrected chi connectivity index (χ1v) is 29.3. The van der Waals surface area contributed by atoms with Crippen LogP contribution in [-0.4, -0.2) is 6.71 Å². The Kier molecular flexibility index (Phi) is 11.1. The largest absolute Gasteiger partial charge is 0.311 e. The predicted molar refractivity (Wildman–Crippen MR) is 346 cm³/mol. The molecule has 0 radical (unpaired) electrons. The number of hydrogen-bond donors (Lipinski definition) is 0. The van der Waals surface area contributed by atoms with Gasteiger partial charge in [-0.25, -0.2) is 0 Å². The molecule has 1 aromatic heterocycles. The molecule has 3 heterocycles. The van der Waals surface area contributed by atoms with Crippen molar-refractivity contribution in [3.63, 3.8) is 0 Å². The maximum Gasteiger partial charge on any atom is 0.264 e. The number of nitrogens with zero attached hydrogens (tertiary/aromatic N) is 2. The van der Waals surface area contributed by atoms with Gasteiger partial charge in [0.05, 0.1) is 17.1 Å². The van der Waals surface area contributed by atoms with Crippen LogP contribution in [0.25, 0.3) is 75.8 Å². The van der Waals surface area contributed by atoms with Crippen molar-refractivity contribution in [3.05, 3.63) is 222 Å². The highest BCUT2D eigenvalue weighted by atomic mass is 32.1. The van der Waals surface area contributed by atoms with E-state index in [0.717, 1.165) is 0 Å². The third-order valence-electron chi connectivity index (χ3n) is 17.4. The quantitative estimate of drug-likeness (QED) is 0.121. The van der Waals surface area contributed by atoms with E-state index in [0.29, 0.717) is 0 Å². The minimum absolute atomic E-state index is 0.0412. The van der Waals surface area contributed by atoms with Crippen LogP contribution in [0.1, 0.15) is 104 Å². The molecule has 0 spiro atoms. The number of anilines is 6. The summed E-state index contributed by atoms with van der Waals surface area (Å²) < 4.78 is 2.69. The summed E-state index contributed by atoms with van der Waals surface area (Å²) in [6, 6.07) is 77.5. The summed E-state index contributed by atoms with van der Waals surface area (Å²) in [5, 5.41) is 9.10. The highest BCUT2D eigenvalue weighted by Gasteiger charge is 2.47. The van der Waals surface area contributed by atoms with E-state index in [-0.39, 0.29) is 28.9 Å². The second-order valence-electron chi connectivity index (χ2n) is 26.0. The maximum atomic E-state index is 2.71. The number of rotatable bonds is 6. The summed E-state index contributed by atoms with van der Waals surface area (Å²) in [6.07, 6.45) is 0. The van der Waals surface area contributed by atoms with E-state index in [9.17, 15) is 0 Å². The van der Waals surface area contributed by atoms with Crippen molar-refractivity contribution < 1.29 is 0 Å². The van der Waals surface area contributed by atoms with Gasteiger partial charge < -0.3 is 9.80 Å². The fourth-order valence-corrected chi connectivity index (χ4v) is 14.3. The fraction of sp³-hybridized carbons (Fsp3) is 0.200. The summed E-state index contributed by atoms with van der Waals surface area (Å²) in [5.41, 5.74) is 22.5. The predicted octanol–water partition coefficient (Wildman–Crippen LogP) is 19.9. The standard InChI is InChI=1S/C75H67BN2S/c1-45(2)53-40-65-70-66(41-53)78(63-35-31-55(73(3,4)5)42-58(63)47-21-16-13-17-22-47)71-60-44-57(75(9,10)11)32-36-67(60)79-72(71)76(70)61-39-50(46-19-14-12-15-20-46)29-33-64(61)77(65)62-34-30-56(74(6,7)8)43-59(62)54-37-51-27-25-48-23-18-24-49-26-28-52(38-54)69(51)68(48)49/h12-45H,1-11H3. The molecule has 2 aliphatic rings. The molecule has 79 heavy (non-hydrogen) atoms. The Bertz CT molecular complexity index is 4350. The molecule has 0 N–H and O–H groups in total. The minimum atomic E-state index is -0.0838. The molecular weight excluding hydrogens is 972 g/mol. The van der Waals surface area contributed by atoms with Crippen molar-refractivity contribution in [3.8, 4) is 33.4 Å². The monoisotopic (exact) mass is 1040 g/mol. The van der Waals surface area contributed by atoms with Gasteiger partial charge in [0, 0.05) is 43.1 Å². The molecule has 0 aliphatic carbocycles. The van der Waals surface area contributed by atoms with Gasteiger partial charge in [0.25, 0.3) is 6.71 Å². The Hall–Kier alpha value is -7.92. The van der Waals surface area contributed by atoms with Gasteiger partial charge in [0.1, 0.15) is 0 Å². The molecule has 11 aromatic carbocycles. The van der Waals surface area contributed by atoms with E-state index in [1.165, 1.54) is 148 Å². The fourth-order valence-electron chi connectivity index (χ4n) is 13.0. The molecule has 12 aromatic rings. The molecule has 386 valence electrons. The summed E-state index contributed by atoms with van der Waals surface area (Å²) in [6.45, 7) is 25.8. The van der Waals surface area contributed by atoms with Gasteiger partial charge in [-0.3, -0.25) is 0 Å². The zero-order valence-corrected chi connectivity index (χ0v) is 48.3. The van der Waals surface area contributed by atoms with Gasteiger partial charge in [0.2, 0.25) is 0 Å². The van der Waals surface area contributed by atoms with Gasteiger partial charge in [-0.05, 0) is 177 Å². The van der Waals surface area contributed by atoms with Crippen molar-refractivity contribution in [1.82, 2.24) is 0 Å². The Morgan fingerprint density at radius 1 is 0.392 bits per heavy atom. The smallest absolute Gasteiger partial charge is 0.264 e. The van der Waals surface area contributed by atoms with E-state index in [1.54, 1.807) is 0 Å². The number of thiophene rings is 1. The van der Waals surface area contributed by atoms with Crippen LogP contribution in [-0.2, 0) is 16.2 Å². The molecule has 2 aliphatic heterocycles. The second-order valence-corrected chi connectivity index (χ2v) is 27.1. The molecule has 0 fully saturated rings. The van der Waals surface area contributed by atoms with Crippen molar-refractivity contribution in [2.45, 2.75) is 98.3 Å². The first kappa shape index (κ1) is 49.4. The van der Waals surface area contributed by atoms with Gasteiger partial charge in [-0.15, -0.1) is 11.3 Å². The Morgan fingerprint density at radius 3 is 1.49 bits per heavy atom. The van der Waals surface area contributed by atoms with Crippen molar-refractivity contribution in [2.75, 3.05) is 9.80 Å². The van der Waals surface area contributed by atoms with E-state index < -0.39 is 0 Å². The summed E-state index contributed by atoms with van der Waals surface area (Å²) >= 11 is 1.99. The lowest BCUT2D eigenvalue weighted by molar-refractivity contribution is 0.590. The van der Waals surface area contributed by atoms with Gasteiger partial charge in [0.15, 0.2) is 0 Å². The molecule has 2 nitrogen and oxygen atoms in total. The molecule has 14 rings (SSSR count).